The smallest absolute Gasteiger partial charge is 0.248 e. The molecule has 3 aromatic heterocycles. The Kier molecular flexibility index (Phi) is 5.13. The van der Waals surface area contributed by atoms with E-state index in [9.17, 15) is 0 Å². The summed E-state index contributed by atoms with van der Waals surface area (Å²) in [4.78, 5) is 11.1. The van der Waals surface area contributed by atoms with Crippen molar-refractivity contribution in [3.05, 3.63) is 77.4 Å². The van der Waals surface area contributed by atoms with E-state index in [0.717, 1.165) is 25.3 Å². The number of hydrogen-bond acceptors (Lipinski definition) is 7. The van der Waals surface area contributed by atoms with Gasteiger partial charge in [0.15, 0.2) is 0 Å². The van der Waals surface area contributed by atoms with Crippen molar-refractivity contribution in [3.8, 4) is 21.9 Å². The van der Waals surface area contributed by atoms with Crippen molar-refractivity contribution in [1.82, 2.24) is 20.2 Å². The van der Waals surface area contributed by atoms with Gasteiger partial charge in [-0.25, -0.2) is 9.97 Å². The summed E-state index contributed by atoms with van der Waals surface area (Å²) in [6, 6.07) is 20.2. The fourth-order valence-electron chi connectivity index (χ4n) is 2.88. The van der Waals surface area contributed by atoms with Crippen LogP contribution in [0.2, 0.25) is 0 Å². The number of aromatic nitrogens is 4. The standard InChI is InChI=1S/C21H13BrN4OS2/c22-16-9-5-4-8-14(16)19-26-25-18(27-19)11-28-20-15-10-17(13-6-2-1-3-7-13)29-21(15)24-12-23-20/h1-10,12H,11H2. The number of fused-ring (bicyclic) bond motifs is 1. The molecule has 0 aliphatic rings. The first kappa shape index (κ1) is 18.5. The van der Waals surface area contributed by atoms with E-state index in [4.69, 9.17) is 4.42 Å². The van der Waals surface area contributed by atoms with Crippen LogP contribution < -0.4 is 0 Å². The molecule has 0 N–H and O–H groups in total. The number of thioether (sulfide) groups is 1. The van der Waals surface area contributed by atoms with Gasteiger partial charge in [-0.05, 0) is 39.7 Å². The van der Waals surface area contributed by atoms with E-state index >= 15 is 0 Å². The van der Waals surface area contributed by atoms with Gasteiger partial charge in [0.1, 0.15) is 16.2 Å². The van der Waals surface area contributed by atoms with Crippen LogP contribution in [0, 0.1) is 0 Å². The molecule has 0 atom stereocenters. The Balaban J connectivity index is 1.39. The van der Waals surface area contributed by atoms with Gasteiger partial charge in [-0.15, -0.1) is 21.5 Å². The average molecular weight is 481 g/mol. The highest BCUT2D eigenvalue weighted by Gasteiger charge is 2.14. The van der Waals surface area contributed by atoms with Crippen molar-refractivity contribution < 1.29 is 4.42 Å². The second-order valence-corrected chi connectivity index (χ2v) is 8.99. The summed E-state index contributed by atoms with van der Waals surface area (Å²) in [6.07, 6.45) is 1.61. The Hall–Kier alpha value is -2.55. The fraction of sp³-hybridized carbons (Fsp3) is 0.0476. The summed E-state index contributed by atoms with van der Waals surface area (Å²) in [5.41, 5.74) is 2.06. The minimum atomic E-state index is 0.503. The number of nitrogens with zero attached hydrogens (tertiary/aromatic N) is 4. The average Bonchev–Trinajstić information content (AvgIpc) is 3.41. The molecule has 0 radical (unpaired) electrons. The Labute approximate surface area is 183 Å². The van der Waals surface area contributed by atoms with Crippen LogP contribution in [0.1, 0.15) is 5.89 Å². The maximum Gasteiger partial charge on any atom is 0.248 e. The van der Waals surface area contributed by atoms with Gasteiger partial charge < -0.3 is 4.42 Å². The topological polar surface area (TPSA) is 64.7 Å². The second-order valence-electron chi connectivity index (χ2n) is 6.14. The van der Waals surface area contributed by atoms with Gasteiger partial charge in [-0.3, -0.25) is 0 Å². The fourth-order valence-corrected chi connectivity index (χ4v) is 5.21. The number of thiophene rings is 1. The molecule has 0 bridgehead atoms. The maximum atomic E-state index is 5.85. The van der Waals surface area contributed by atoms with Gasteiger partial charge in [-0.1, -0.05) is 54.2 Å². The van der Waals surface area contributed by atoms with Gasteiger partial charge >= 0.3 is 0 Å². The third kappa shape index (κ3) is 3.83. The quantitative estimate of drug-likeness (QED) is 0.212. The van der Waals surface area contributed by atoms with Gasteiger partial charge in [0.2, 0.25) is 11.8 Å². The Morgan fingerprint density at radius 1 is 0.966 bits per heavy atom. The molecule has 5 rings (SSSR count). The van der Waals surface area contributed by atoms with Gasteiger partial charge in [-0.2, -0.15) is 0 Å². The summed E-state index contributed by atoms with van der Waals surface area (Å²) in [5.74, 6) is 1.61. The van der Waals surface area contributed by atoms with Crippen molar-refractivity contribution in [2.45, 2.75) is 10.8 Å². The first-order chi connectivity index (χ1) is 14.3. The highest BCUT2D eigenvalue weighted by atomic mass is 79.9. The van der Waals surface area contributed by atoms with Crippen molar-refractivity contribution in [2.24, 2.45) is 0 Å². The van der Waals surface area contributed by atoms with Crippen LogP contribution in [-0.4, -0.2) is 20.2 Å². The van der Waals surface area contributed by atoms with E-state index in [1.807, 2.05) is 42.5 Å². The highest BCUT2D eigenvalue weighted by Crippen LogP contribution is 2.37. The Bertz CT molecular complexity index is 1290. The molecule has 0 saturated carbocycles. The molecule has 0 amide bonds. The molecule has 0 unspecified atom stereocenters. The molecule has 142 valence electrons. The number of rotatable bonds is 5. The molecule has 29 heavy (non-hydrogen) atoms. The third-order valence-corrected chi connectivity index (χ3v) is 7.03. The minimum absolute atomic E-state index is 0.503. The van der Waals surface area contributed by atoms with Crippen molar-refractivity contribution in [1.29, 1.82) is 0 Å². The molecule has 0 aliphatic heterocycles. The van der Waals surface area contributed by atoms with Crippen molar-refractivity contribution in [2.75, 3.05) is 0 Å². The summed E-state index contributed by atoms with van der Waals surface area (Å²) >= 11 is 6.76. The summed E-state index contributed by atoms with van der Waals surface area (Å²) in [6.45, 7) is 0. The van der Waals surface area contributed by atoms with Crippen LogP contribution >= 0.6 is 39.0 Å². The maximum absolute atomic E-state index is 5.85. The number of benzene rings is 2. The van der Waals surface area contributed by atoms with E-state index < -0.39 is 0 Å². The van der Waals surface area contributed by atoms with Crippen molar-refractivity contribution >= 4 is 49.2 Å². The first-order valence-corrected chi connectivity index (χ1v) is 11.4. The van der Waals surface area contributed by atoms with Crippen LogP contribution in [0.15, 0.2) is 80.9 Å². The highest BCUT2D eigenvalue weighted by molar-refractivity contribution is 9.10. The lowest BCUT2D eigenvalue weighted by Crippen LogP contribution is -1.85. The van der Waals surface area contributed by atoms with Crippen LogP contribution in [0.4, 0.5) is 0 Å². The summed E-state index contributed by atoms with van der Waals surface area (Å²) in [7, 11) is 0. The zero-order valence-corrected chi connectivity index (χ0v) is 18.2. The molecule has 8 heteroatoms. The zero-order chi connectivity index (χ0) is 19.6. The Morgan fingerprint density at radius 3 is 2.66 bits per heavy atom. The van der Waals surface area contributed by atoms with Crippen LogP contribution in [0.5, 0.6) is 0 Å². The molecule has 2 aromatic carbocycles. The second kappa shape index (κ2) is 8.06. The molecule has 0 spiro atoms. The summed E-state index contributed by atoms with van der Waals surface area (Å²) in [5, 5.41) is 10.3. The molecule has 3 heterocycles. The first-order valence-electron chi connectivity index (χ1n) is 8.78. The van der Waals surface area contributed by atoms with Gasteiger partial charge in [0, 0.05) is 14.7 Å². The van der Waals surface area contributed by atoms with E-state index in [2.05, 4.69) is 54.3 Å². The lowest BCUT2D eigenvalue weighted by Gasteiger charge is -1.99. The van der Waals surface area contributed by atoms with Crippen LogP contribution in [0.25, 0.3) is 32.1 Å². The Morgan fingerprint density at radius 2 is 1.79 bits per heavy atom. The molecule has 0 fully saturated rings. The van der Waals surface area contributed by atoms with E-state index in [1.54, 1.807) is 29.4 Å². The largest absolute Gasteiger partial charge is 0.420 e. The normalized spacial score (nSPS) is 11.2. The minimum Gasteiger partial charge on any atom is -0.420 e. The lowest BCUT2D eigenvalue weighted by atomic mass is 10.2. The van der Waals surface area contributed by atoms with Gasteiger partial charge in [0.05, 0.1) is 11.3 Å². The van der Waals surface area contributed by atoms with E-state index in [0.29, 0.717) is 17.5 Å². The molecule has 5 aromatic rings. The predicted octanol–water partition coefficient (Wildman–Crippen LogP) is 6.46. The summed E-state index contributed by atoms with van der Waals surface area (Å²) < 4.78 is 6.77. The lowest BCUT2D eigenvalue weighted by molar-refractivity contribution is 0.528. The SMILES string of the molecule is Brc1ccccc1-c1nnc(CSc2ncnc3sc(-c4ccccc4)cc23)o1. The molecular formula is C21H13BrN4OS2. The van der Waals surface area contributed by atoms with E-state index in [-0.39, 0.29) is 0 Å². The van der Waals surface area contributed by atoms with Crippen molar-refractivity contribution in [3.63, 3.8) is 0 Å². The van der Waals surface area contributed by atoms with Gasteiger partial charge in [0.25, 0.3) is 0 Å². The number of halogens is 1. The van der Waals surface area contributed by atoms with Crippen LogP contribution in [-0.2, 0) is 5.75 Å². The van der Waals surface area contributed by atoms with Crippen LogP contribution in [0.3, 0.4) is 0 Å². The molecular weight excluding hydrogens is 468 g/mol. The molecule has 0 aliphatic carbocycles. The monoisotopic (exact) mass is 480 g/mol. The predicted molar refractivity (Wildman–Crippen MR) is 120 cm³/mol. The third-order valence-electron chi connectivity index (χ3n) is 4.25. The molecule has 0 saturated heterocycles. The number of hydrogen-bond donors (Lipinski definition) is 0. The molecule has 5 nitrogen and oxygen atoms in total. The van der Waals surface area contributed by atoms with E-state index in [1.165, 1.54) is 10.4 Å². The zero-order valence-electron chi connectivity index (χ0n) is 14.9.